The van der Waals surface area contributed by atoms with Crippen molar-refractivity contribution in [2.75, 3.05) is 24.2 Å². The van der Waals surface area contributed by atoms with E-state index >= 15 is 0 Å². The standard InChI is InChI=1S/C13H24N4O/c1-5-11-16-12(14-4)7-13(17-11)15-8-10(18)6-9(2)3/h7,9-10,18H,5-6,8H2,1-4H3,(H2,14,15,16,17). The van der Waals surface area contributed by atoms with Crippen molar-refractivity contribution < 1.29 is 5.11 Å². The van der Waals surface area contributed by atoms with Crippen LogP contribution in [0.3, 0.4) is 0 Å². The van der Waals surface area contributed by atoms with Crippen molar-refractivity contribution in [1.29, 1.82) is 0 Å². The zero-order valence-electron chi connectivity index (χ0n) is 11.7. The van der Waals surface area contributed by atoms with Gasteiger partial charge in [-0.25, -0.2) is 9.97 Å². The van der Waals surface area contributed by atoms with Gasteiger partial charge in [-0.05, 0) is 12.3 Å². The first-order chi connectivity index (χ1) is 8.55. The minimum atomic E-state index is -0.344. The summed E-state index contributed by atoms with van der Waals surface area (Å²) >= 11 is 0. The maximum atomic E-state index is 9.81. The highest BCUT2D eigenvalue weighted by Gasteiger charge is 2.08. The molecule has 0 fully saturated rings. The molecule has 1 aromatic heterocycles. The van der Waals surface area contributed by atoms with Crippen LogP contribution in [-0.4, -0.2) is 34.8 Å². The SMILES string of the molecule is CCc1nc(NC)cc(NCC(O)CC(C)C)n1. The summed E-state index contributed by atoms with van der Waals surface area (Å²) in [5.74, 6) is 2.84. The number of aliphatic hydroxyl groups excluding tert-OH is 1. The van der Waals surface area contributed by atoms with Gasteiger partial charge in [0.25, 0.3) is 0 Å². The normalized spacial score (nSPS) is 12.6. The monoisotopic (exact) mass is 252 g/mol. The second kappa shape index (κ2) is 7.16. The Hall–Kier alpha value is -1.36. The number of anilines is 2. The van der Waals surface area contributed by atoms with E-state index in [-0.39, 0.29) is 6.10 Å². The Bertz CT molecular complexity index is 346. The van der Waals surface area contributed by atoms with Gasteiger partial charge in [0.05, 0.1) is 6.10 Å². The van der Waals surface area contributed by atoms with Crippen molar-refractivity contribution in [3.8, 4) is 0 Å². The molecule has 3 N–H and O–H groups in total. The predicted octanol–water partition coefficient (Wildman–Crippen LogP) is 1.90. The van der Waals surface area contributed by atoms with Gasteiger partial charge in [-0.15, -0.1) is 0 Å². The Morgan fingerprint density at radius 3 is 2.50 bits per heavy atom. The lowest BCUT2D eigenvalue weighted by atomic mass is 10.1. The lowest BCUT2D eigenvalue weighted by molar-refractivity contribution is 0.161. The van der Waals surface area contributed by atoms with Crippen LogP contribution in [0.2, 0.25) is 0 Å². The molecule has 102 valence electrons. The molecular formula is C13H24N4O. The quantitative estimate of drug-likeness (QED) is 0.691. The molecule has 0 spiro atoms. The van der Waals surface area contributed by atoms with Crippen molar-refractivity contribution in [2.45, 2.75) is 39.7 Å². The number of hydrogen-bond acceptors (Lipinski definition) is 5. The first-order valence-electron chi connectivity index (χ1n) is 6.52. The molecule has 1 aromatic rings. The third-order valence-corrected chi connectivity index (χ3v) is 2.61. The topological polar surface area (TPSA) is 70.1 Å². The van der Waals surface area contributed by atoms with Crippen LogP contribution in [0.25, 0.3) is 0 Å². The highest BCUT2D eigenvalue weighted by molar-refractivity contribution is 5.47. The van der Waals surface area contributed by atoms with Gasteiger partial charge < -0.3 is 15.7 Å². The van der Waals surface area contributed by atoms with E-state index in [9.17, 15) is 5.11 Å². The number of aliphatic hydroxyl groups is 1. The number of aromatic nitrogens is 2. The van der Waals surface area contributed by atoms with Gasteiger partial charge in [0.1, 0.15) is 17.5 Å². The molecule has 5 nitrogen and oxygen atoms in total. The lowest BCUT2D eigenvalue weighted by Crippen LogP contribution is -2.22. The molecular weight excluding hydrogens is 228 g/mol. The van der Waals surface area contributed by atoms with E-state index in [0.29, 0.717) is 12.5 Å². The summed E-state index contributed by atoms with van der Waals surface area (Å²) in [7, 11) is 1.83. The molecule has 0 bridgehead atoms. The molecule has 0 aromatic carbocycles. The summed E-state index contributed by atoms with van der Waals surface area (Å²) in [6.07, 6.45) is 1.24. The summed E-state index contributed by atoms with van der Waals surface area (Å²) < 4.78 is 0. The molecule has 0 aliphatic carbocycles. The fraction of sp³-hybridized carbons (Fsp3) is 0.692. The highest BCUT2D eigenvalue weighted by Crippen LogP contribution is 2.12. The predicted molar refractivity (Wildman–Crippen MR) is 74.9 cm³/mol. The minimum absolute atomic E-state index is 0.344. The smallest absolute Gasteiger partial charge is 0.132 e. The summed E-state index contributed by atoms with van der Waals surface area (Å²) in [4.78, 5) is 8.70. The van der Waals surface area contributed by atoms with E-state index < -0.39 is 0 Å². The molecule has 1 rings (SSSR count). The third-order valence-electron chi connectivity index (χ3n) is 2.61. The molecule has 1 atom stereocenters. The largest absolute Gasteiger partial charge is 0.391 e. The molecule has 5 heteroatoms. The number of rotatable bonds is 7. The van der Waals surface area contributed by atoms with Crippen molar-refractivity contribution in [3.63, 3.8) is 0 Å². The number of nitrogens with one attached hydrogen (secondary N) is 2. The minimum Gasteiger partial charge on any atom is -0.391 e. The van der Waals surface area contributed by atoms with Crippen molar-refractivity contribution in [3.05, 3.63) is 11.9 Å². The summed E-state index contributed by atoms with van der Waals surface area (Å²) in [6, 6.07) is 1.85. The summed E-state index contributed by atoms with van der Waals surface area (Å²) in [5, 5.41) is 16.0. The van der Waals surface area contributed by atoms with E-state index in [1.165, 1.54) is 0 Å². The van der Waals surface area contributed by atoms with E-state index in [0.717, 1.165) is 30.3 Å². The van der Waals surface area contributed by atoms with Crippen LogP contribution >= 0.6 is 0 Å². The van der Waals surface area contributed by atoms with Crippen LogP contribution in [0.5, 0.6) is 0 Å². The molecule has 0 saturated carbocycles. The van der Waals surface area contributed by atoms with Crippen LogP contribution in [0.4, 0.5) is 11.6 Å². The Balaban J connectivity index is 2.60. The van der Waals surface area contributed by atoms with Crippen LogP contribution in [0.15, 0.2) is 6.07 Å². The van der Waals surface area contributed by atoms with Gasteiger partial charge in [0.2, 0.25) is 0 Å². The average molecular weight is 252 g/mol. The Morgan fingerprint density at radius 2 is 1.94 bits per heavy atom. The van der Waals surface area contributed by atoms with Gasteiger partial charge >= 0.3 is 0 Å². The molecule has 0 saturated heterocycles. The van der Waals surface area contributed by atoms with Crippen LogP contribution in [0, 0.1) is 5.92 Å². The first kappa shape index (κ1) is 14.7. The third kappa shape index (κ3) is 4.87. The maximum Gasteiger partial charge on any atom is 0.132 e. The zero-order chi connectivity index (χ0) is 13.5. The molecule has 1 heterocycles. The highest BCUT2D eigenvalue weighted by atomic mass is 16.3. The van der Waals surface area contributed by atoms with Crippen LogP contribution in [0.1, 0.15) is 33.0 Å². The molecule has 0 radical (unpaired) electrons. The van der Waals surface area contributed by atoms with Crippen LogP contribution < -0.4 is 10.6 Å². The zero-order valence-corrected chi connectivity index (χ0v) is 11.7. The second-order valence-corrected chi connectivity index (χ2v) is 4.82. The van der Waals surface area contributed by atoms with Gasteiger partial charge in [-0.3, -0.25) is 0 Å². The summed E-state index contributed by atoms with van der Waals surface area (Å²) in [5.41, 5.74) is 0. The van der Waals surface area contributed by atoms with Crippen LogP contribution in [-0.2, 0) is 6.42 Å². The molecule has 0 aliphatic rings. The van der Waals surface area contributed by atoms with Gasteiger partial charge in [0, 0.05) is 26.1 Å². The molecule has 0 aliphatic heterocycles. The fourth-order valence-corrected chi connectivity index (χ4v) is 1.72. The van der Waals surface area contributed by atoms with Gasteiger partial charge in [-0.1, -0.05) is 20.8 Å². The lowest BCUT2D eigenvalue weighted by Gasteiger charge is -2.15. The molecule has 18 heavy (non-hydrogen) atoms. The first-order valence-corrected chi connectivity index (χ1v) is 6.52. The van der Waals surface area contributed by atoms with Crippen molar-refractivity contribution >= 4 is 11.6 Å². The molecule has 0 amide bonds. The Kier molecular flexibility index (Phi) is 5.85. The Morgan fingerprint density at radius 1 is 1.28 bits per heavy atom. The Labute approximate surface area is 109 Å². The molecule has 1 unspecified atom stereocenters. The fourth-order valence-electron chi connectivity index (χ4n) is 1.72. The van der Waals surface area contributed by atoms with Gasteiger partial charge in [-0.2, -0.15) is 0 Å². The van der Waals surface area contributed by atoms with Crippen molar-refractivity contribution in [1.82, 2.24) is 9.97 Å². The number of hydrogen-bond donors (Lipinski definition) is 3. The van der Waals surface area contributed by atoms with Gasteiger partial charge in [0.15, 0.2) is 0 Å². The van der Waals surface area contributed by atoms with Crippen molar-refractivity contribution in [2.24, 2.45) is 5.92 Å². The van der Waals surface area contributed by atoms with E-state index in [2.05, 4.69) is 34.4 Å². The number of nitrogens with zero attached hydrogens (tertiary/aromatic N) is 2. The average Bonchev–Trinajstić information content (AvgIpc) is 2.35. The van der Waals surface area contributed by atoms with E-state index in [1.807, 2.05) is 20.0 Å². The van der Waals surface area contributed by atoms with E-state index in [4.69, 9.17) is 0 Å². The second-order valence-electron chi connectivity index (χ2n) is 4.82. The number of aryl methyl sites for hydroxylation is 1. The summed E-state index contributed by atoms with van der Waals surface area (Å²) in [6.45, 7) is 6.73. The maximum absolute atomic E-state index is 9.81. The van der Waals surface area contributed by atoms with E-state index in [1.54, 1.807) is 0 Å².